The number of alkyl halides is 1. The molecule has 0 saturated carbocycles. The molecule has 4 heteroatoms. The monoisotopic (exact) mass is 265 g/mol. The van der Waals surface area contributed by atoms with Gasteiger partial charge in [0.05, 0.1) is 0 Å². The van der Waals surface area contributed by atoms with E-state index in [4.69, 9.17) is 4.74 Å². The Labute approximate surface area is 94.7 Å². The summed E-state index contributed by atoms with van der Waals surface area (Å²) in [5, 5.41) is 2.82. The first-order valence-electron chi connectivity index (χ1n) is 5.19. The minimum Gasteiger partial charge on any atom is -0.372 e. The van der Waals surface area contributed by atoms with Crippen LogP contribution in [0.3, 0.4) is 0 Å². The predicted octanol–water partition coefficient (Wildman–Crippen LogP) is 2.09. The van der Waals surface area contributed by atoms with Crippen molar-refractivity contribution >= 4 is 21.8 Å². The van der Waals surface area contributed by atoms with Crippen LogP contribution in [0.4, 0.5) is 0 Å². The zero-order chi connectivity index (χ0) is 10.8. The lowest BCUT2D eigenvalue weighted by molar-refractivity contribution is -0.125. The lowest BCUT2D eigenvalue weighted by Gasteiger charge is -2.09. The highest BCUT2D eigenvalue weighted by Gasteiger charge is 2.05. The lowest BCUT2D eigenvalue weighted by Crippen LogP contribution is -2.32. The van der Waals surface area contributed by atoms with Crippen LogP contribution in [-0.2, 0) is 9.53 Å². The van der Waals surface area contributed by atoms with E-state index in [9.17, 15) is 4.79 Å². The molecular weight excluding hydrogens is 246 g/mol. The van der Waals surface area contributed by atoms with Crippen molar-refractivity contribution < 1.29 is 9.53 Å². The van der Waals surface area contributed by atoms with E-state index in [1.54, 1.807) is 0 Å². The van der Waals surface area contributed by atoms with Gasteiger partial charge in [-0.05, 0) is 12.8 Å². The third-order valence-electron chi connectivity index (χ3n) is 1.70. The molecule has 0 aliphatic heterocycles. The van der Waals surface area contributed by atoms with E-state index in [1.165, 1.54) is 0 Å². The second kappa shape index (κ2) is 9.46. The third kappa shape index (κ3) is 8.51. The van der Waals surface area contributed by atoms with Gasteiger partial charge < -0.3 is 10.1 Å². The Kier molecular flexibility index (Phi) is 9.40. The Hall–Kier alpha value is -0.0900. The second-order valence-corrected chi connectivity index (χ2v) is 4.54. The molecule has 0 fully saturated rings. The van der Waals surface area contributed by atoms with E-state index in [1.807, 2.05) is 6.92 Å². The molecule has 0 rings (SSSR count). The van der Waals surface area contributed by atoms with Crippen molar-refractivity contribution in [2.45, 2.75) is 37.9 Å². The van der Waals surface area contributed by atoms with E-state index < -0.39 is 0 Å². The van der Waals surface area contributed by atoms with E-state index in [2.05, 4.69) is 28.2 Å². The number of hydrogen-bond donors (Lipinski definition) is 1. The van der Waals surface area contributed by atoms with Gasteiger partial charge in [-0.25, -0.2) is 0 Å². The number of nitrogens with one attached hydrogen (secondary N) is 1. The number of carbonyl (C=O) groups excluding carboxylic acids is 1. The fourth-order valence-corrected chi connectivity index (χ4v) is 1.62. The number of amides is 1. The first-order chi connectivity index (χ1) is 6.70. The molecule has 3 nitrogen and oxygen atoms in total. The molecule has 14 heavy (non-hydrogen) atoms. The topological polar surface area (TPSA) is 38.3 Å². The van der Waals surface area contributed by atoms with E-state index in [0.717, 1.165) is 19.3 Å². The fourth-order valence-electron chi connectivity index (χ4n) is 1.00. The molecule has 0 aromatic carbocycles. The summed E-state index contributed by atoms with van der Waals surface area (Å²) in [6.07, 6.45) is 3.15. The second-order valence-electron chi connectivity index (χ2n) is 3.24. The normalized spacial score (nSPS) is 12.5. The van der Waals surface area contributed by atoms with Crippen molar-refractivity contribution in [1.29, 1.82) is 0 Å². The highest BCUT2D eigenvalue weighted by Crippen LogP contribution is 2.05. The molecule has 0 aliphatic rings. The summed E-state index contributed by atoms with van der Waals surface area (Å²) in [6.45, 7) is 5.66. The number of carbonyl (C=O) groups is 1. The first kappa shape index (κ1) is 13.9. The zero-order valence-corrected chi connectivity index (χ0v) is 10.6. The summed E-state index contributed by atoms with van der Waals surface area (Å²) in [5.74, 6) is -0.0287. The lowest BCUT2D eigenvalue weighted by atomic mass is 10.2. The highest BCUT2D eigenvalue weighted by molar-refractivity contribution is 9.09. The summed E-state index contributed by atoms with van der Waals surface area (Å²) in [5.41, 5.74) is 0. The van der Waals surface area contributed by atoms with Gasteiger partial charge in [-0.2, -0.15) is 0 Å². The number of halogens is 1. The summed E-state index contributed by atoms with van der Waals surface area (Å²) in [6, 6.07) is 0. The van der Waals surface area contributed by atoms with Crippen LogP contribution in [0.15, 0.2) is 0 Å². The maximum absolute atomic E-state index is 11.2. The van der Waals surface area contributed by atoms with Crippen molar-refractivity contribution in [1.82, 2.24) is 5.32 Å². The summed E-state index contributed by atoms with van der Waals surface area (Å²) >= 11 is 3.49. The SMILES string of the molecule is CCCOCC(=O)NCC(Br)CCC. The van der Waals surface area contributed by atoms with Crippen LogP contribution in [0.1, 0.15) is 33.1 Å². The van der Waals surface area contributed by atoms with Gasteiger partial charge in [-0.1, -0.05) is 36.2 Å². The quantitative estimate of drug-likeness (QED) is 0.539. The smallest absolute Gasteiger partial charge is 0.246 e. The van der Waals surface area contributed by atoms with Gasteiger partial charge in [-0.15, -0.1) is 0 Å². The first-order valence-corrected chi connectivity index (χ1v) is 6.10. The Bertz CT molecular complexity index is 153. The Morgan fingerprint density at radius 1 is 1.43 bits per heavy atom. The Morgan fingerprint density at radius 3 is 2.71 bits per heavy atom. The molecule has 0 radical (unpaired) electrons. The van der Waals surface area contributed by atoms with Crippen LogP contribution >= 0.6 is 15.9 Å². The molecule has 0 aliphatic carbocycles. The average Bonchev–Trinajstić information content (AvgIpc) is 2.16. The Morgan fingerprint density at radius 2 is 2.14 bits per heavy atom. The van der Waals surface area contributed by atoms with E-state index in [0.29, 0.717) is 18.0 Å². The molecule has 0 spiro atoms. The summed E-state index contributed by atoms with van der Waals surface area (Å²) in [4.78, 5) is 11.5. The van der Waals surface area contributed by atoms with Gasteiger partial charge >= 0.3 is 0 Å². The third-order valence-corrected chi connectivity index (χ3v) is 2.49. The van der Waals surface area contributed by atoms with Crippen LogP contribution in [0.5, 0.6) is 0 Å². The summed E-state index contributed by atoms with van der Waals surface area (Å²) in [7, 11) is 0. The summed E-state index contributed by atoms with van der Waals surface area (Å²) < 4.78 is 5.11. The standard InChI is InChI=1S/C10H20BrNO2/c1-3-5-9(11)7-12-10(13)8-14-6-4-2/h9H,3-8H2,1-2H3,(H,12,13). The maximum Gasteiger partial charge on any atom is 0.246 e. The molecule has 84 valence electrons. The van der Waals surface area contributed by atoms with Gasteiger partial charge in [0, 0.05) is 18.0 Å². The van der Waals surface area contributed by atoms with E-state index in [-0.39, 0.29) is 12.5 Å². The van der Waals surface area contributed by atoms with Gasteiger partial charge in [0.2, 0.25) is 5.91 Å². The number of ether oxygens (including phenoxy) is 1. The molecule has 0 bridgehead atoms. The zero-order valence-electron chi connectivity index (χ0n) is 9.01. The molecule has 1 unspecified atom stereocenters. The van der Waals surface area contributed by atoms with Gasteiger partial charge in [0.15, 0.2) is 0 Å². The predicted molar refractivity (Wildman–Crippen MR) is 61.7 cm³/mol. The van der Waals surface area contributed by atoms with Crippen molar-refractivity contribution in [3.63, 3.8) is 0 Å². The van der Waals surface area contributed by atoms with E-state index >= 15 is 0 Å². The van der Waals surface area contributed by atoms with Crippen molar-refractivity contribution in [2.75, 3.05) is 19.8 Å². The Balaban J connectivity index is 3.34. The van der Waals surface area contributed by atoms with Crippen LogP contribution in [0.2, 0.25) is 0 Å². The fraction of sp³-hybridized carbons (Fsp3) is 0.900. The minimum atomic E-state index is -0.0287. The molecule has 0 heterocycles. The minimum absolute atomic E-state index is 0.0287. The molecule has 0 saturated heterocycles. The largest absolute Gasteiger partial charge is 0.372 e. The van der Waals surface area contributed by atoms with Gasteiger partial charge in [0.25, 0.3) is 0 Å². The highest BCUT2D eigenvalue weighted by atomic mass is 79.9. The van der Waals surface area contributed by atoms with Crippen molar-refractivity contribution in [2.24, 2.45) is 0 Å². The maximum atomic E-state index is 11.2. The number of hydrogen-bond acceptors (Lipinski definition) is 2. The molecule has 0 aromatic rings. The van der Waals surface area contributed by atoms with Crippen LogP contribution in [0, 0.1) is 0 Å². The van der Waals surface area contributed by atoms with Crippen molar-refractivity contribution in [3.05, 3.63) is 0 Å². The van der Waals surface area contributed by atoms with Crippen LogP contribution in [-0.4, -0.2) is 30.5 Å². The van der Waals surface area contributed by atoms with Gasteiger partial charge in [0.1, 0.15) is 6.61 Å². The van der Waals surface area contributed by atoms with Crippen molar-refractivity contribution in [3.8, 4) is 0 Å². The molecule has 1 amide bonds. The average molecular weight is 266 g/mol. The molecule has 1 N–H and O–H groups in total. The van der Waals surface area contributed by atoms with Crippen LogP contribution < -0.4 is 5.32 Å². The van der Waals surface area contributed by atoms with Gasteiger partial charge in [-0.3, -0.25) is 4.79 Å². The number of rotatable bonds is 8. The molecule has 0 aromatic heterocycles. The molecule has 1 atom stereocenters. The van der Waals surface area contributed by atoms with Crippen LogP contribution in [0.25, 0.3) is 0 Å². The molecular formula is C10H20BrNO2.